The molecule has 0 aliphatic carbocycles. The van der Waals surface area contributed by atoms with Gasteiger partial charge < -0.3 is 4.74 Å². The predicted octanol–water partition coefficient (Wildman–Crippen LogP) is 3.04. The molecule has 4 nitrogen and oxygen atoms in total. The second kappa shape index (κ2) is 6.28. The molecule has 0 aromatic heterocycles. The number of ether oxygens (including phenoxy) is 1. The Morgan fingerprint density at radius 1 is 1.00 bits per heavy atom. The minimum atomic E-state index is -3.55. The fraction of sp³-hybridized carbons (Fsp3) is 0.250. The Hall–Kier alpha value is -1.85. The van der Waals surface area contributed by atoms with Crippen LogP contribution in [-0.2, 0) is 10.0 Å². The van der Waals surface area contributed by atoms with Crippen molar-refractivity contribution in [1.82, 2.24) is 4.72 Å². The van der Waals surface area contributed by atoms with E-state index in [0.29, 0.717) is 5.75 Å². The van der Waals surface area contributed by atoms with Crippen LogP contribution in [0.25, 0.3) is 0 Å². The zero-order valence-corrected chi connectivity index (χ0v) is 13.1. The molecule has 0 bridgehead atoms. The van der Waals surface area contributed by atoms with Crippen molar-refractivity contribution in [3.8, 4) is 5.75 Å². The lowest BCUT2D eigenvalue weighted by Gasteiger charge is -2.15. The average molecular weight is 305 g/mol. The van der Waals surface area contributed by atoms with Crippen LogP contribution in [-0.4, -0.2) is 15.5 Å². The molecule has 2 aromatic rings. The second-order valence-corrected chi connectivity index (χ2v) is 6.64. The maximum absolute atomic E-state index is 12.3. The SMILES string of the molecule is COc1ccc(S(=O)(=O)N[C@H](C)c2ccc(C)cc2)cc1. The molecule has 0 aliphatic heterocycles. The van der Waals surface area contributed by atoms with Gasteiger partial charge in [0.25, 0.3) is 0 Å². The Morgan fingerprint density at radius 3 is 2.10 bits per heavy atom. The average Bonchev–Trinajstić information content (AvgIpc) is 2.47. The number of nitrogens with one attached hydrogen (secondary N) is 1. The van der Waals surface area contributed by atoms with Crippen LogP contribution in [0.15, 0.2) is 53.4 Å². The Bertz CT molecular complexity index is 691. The minimum absolute atomic E-state index is 0.224. The number of sulfonamides is 1. The van der Waals surface area contributed by atoms with E-state index in [0.717, 1.165) is 11.1 Å². The van der Waals surface area contributed by atoms with Crippen molar-refractivity contribution in [1.29, 1.82) is 0 Å². The second-order valence-electron chi connectivity index (χ2n) is 4.93. The molecule has 0 saturated carbocycles. The first kappa shape index (κ1) is 15.5. The van der Waals surface area contributed by atoms with Crippen LogP contribution in [0.5, 0.6) is 5.75 Å². The van der Waals surface area contributed by atoms with Crippen LogP contribution >= 0.6 is 0 Å². The highest BCUT2D eigenvalue weighted by atomic mass is 32.2. The van der Waals surface area contributed by atoms with Crippen LogP contribution in [0.4, 0.5) is 0 Å². The molecule has 0 spiro atoms. The fourth-order valence-electron chi connectivity index (χ4n) is 1.98. The standard InChI is InChI=1S/C16H19NO3S/c1-12-4-6-14(7-5-12)13(2)17-21(18,19)16-10-8-15(20-3)9-11-16/h4-11,13,17H,1-3H3/t13-/m1/s1. The molecule has 1 atom stereocenters. The maximum Gasteiger partial charge on any atom is 0.241 e. The number of aryl methyl sites for hydroxylation is 1. The fourth-order valence-corrected chi connectivity index (χ4v) is 3.21. The summed E-state index contributed by atoms with van der Waals surface area (Å²) in [5, 5.41) is 0. The molecule has 21 heavy (non-hydrogen) atoms. The van der Waals surface area contributed by atoms with E-state index >= 15 is 0 Å². The van der Waals surface area contributed by atoms with Crippen LogP contribution in [0.3, 0.4) is 0 Å². The lowest BCUT2D eigenvalue weighted by molar-refractivity contribution is 0.414. The van der Waals surface area contributed by atoms with E-state index in [2.05, 4.69) is 4.72 Å². The lowest BCUT2D eigenvalue weighted by Crippen LogP contribution is -2.26. The third-order valence-electron chi connectivity index (χ3n) is 3.28. The first-order valence-electron chi connectivity index (χ1n) is 6.65. The third kappa shape index (κ3) is 3.83. The van der Waals surface area contributed by atoms with E-state index in [4.69, 9.17) is 4.74 Å². The zero-order chi connectivity index (χ0) is 15.5. The van der Waals surface area contributed by atoms with Crippen LogP contribution in [0, 0.1) is 6.92 Å². The molecular formula is C16H19NO3S. The van der Waals surface area contributed by atoms with E-state index in [9.17, 15) is 8.42 Å². The Labute approximate surface area is 125 Å². The summed E-state index contributed by atoms with van der Waals surface area (Å²) in [5.74, 6) is 0.625. The largest absolute Gasteiger partial charge is 0.497 e. The van der Waals surface area contributed by atoms with E-state index in [1.54, 1.807) is 19.2 Å². The smallest absolute Gasteiger partial charge is 0.241 e. The van der Waals surface area contributed by atoms with Gasteiger partial charge in [0.15, 0.2) is 0 Å². The van der Waals surface area contributed by atoms with Crippen molar-refractivity contribution in [3.63, 3.8) is 0 Å². The van der Waals surface area contributed by atoms with Gasteiger partial charge in [-0.2, -0.15) is 0 Å². The van der Waals surface area contributed by atoms with Gasteiger partial charge in [0.1, 0.15) is 5.75 Å². The molecule has 0 heterocycles. The highest BCUT2D eigenvalue weighted by molar-refractivity contribution is 7.89. The molecular weight excluding hydrogens is 286 g/mol. The highest BCUT2D eigenvalue weighted by Gasteiger charge is 2.18. The molecule has 0 radical (unpaired) electrons. The van der Waals surface area contributed by atoms with Crippen molar-refractivity contribution in [2.75, 3.05) is 7.11 Å². The van der Waals surface area contributed by atoms with Gasteiger partial charge in [0, 0.05) is 6.04 Å². The number of benzene rings is 2. The highest BCUT2D eigenvalue weighted by Crippen LogP contribution is 2.19. The molecule has 2 rings (SSSR count). The lowest BCUT2D eigenvalue weighted by atomic mass is 10.1. The topological polar surface area (TPSA) is 55.4 Å². The molecule has 0 fully saturated rings. The van der Waals surface area contributed by atoms with Crippen molar-refractivity contribution in [2.45, 2.75) is 24.8 Å². The monoisotopic (exact) mass is 305 g/mol. The Kier molecular flexibility index (Phi) is 4.65. The number of methoxy groups -OCH3 is 1. The summed E-state index contributed by atoms with van der Waals surface area (Å²) in [7, 11) is -2.01. The summed E-state index contributed by atoms with van der Waals surface area (Å²) >= 11 is 0. The van der Waals surface area contributed by atoms with Gasteiger partial charge in [0.2, 0.25) is 10.0 Å². The van der Waals surface area contributed by atoms with Crippen molar-refractivity contribution < 1.29 is 13.2 Å². The molecule has 1 N–H and O–H groups in total. The van der Waals surface area contributed by atoms with E-state index < -0.39 is 10.0 Å². The van der Waals surface area contributed by atoms with Gasteiger partial charge in [-0.1, -0.05) is 29.8 Å². The molecule has 0 unspecified atom stereocenters. The van der Waals surface area contributed by atoms with Crippen molar-refractivity contribution >= 4 is 10.0 Å². The molecule has 2 aromatic carbocycles. The maximum atomic E-state index is 12.3. The Morgan fingerprint density at radius 2 is 1.57 bits per heavy atom. The third-order valence-corrected chi connectivity index (χ3v) is 4.84. The predicted molar refractivity (Wildman–Crippen MR) is 82.9 cm³/mol. The van der Waals surface area contributed by atoms with Crippen molar-refractivity contribution in [3.05, 3.63) is 59.7 Å². The Balaban J connectivity index is 2.17. The number of hydrogen-bond donors (Lipinski definition) is 1. The zero-order valence-electron chi connectivity index (χ0n) is 12.3. The molecule has 112 valence electrons. The first-order valence-corrected chi connectivity index (χ1v) is 8.13. The van der Waals surface area contributed by atoms with E-state index in [1.165, 1.54) is 12.1 Å². The van der Waals surface area contributed by atoms with E-state index in [1.807, 2.05) is 38.1 Å². The van der Waals surface area contributed by atoms with Crippen LogP contribution < -0.4 is 9.46 Å². The summed E-state index contributed by atoms with van der Waals surface area (Å²) < 4.78 is 32.4. The quantitative estimate of drug-likeness (QED) is 0.923. The van der Waals surface area contributed by atoms with Gasteiger partial charge in [-0.15, -0.1) is 0 Å². The summed E-state index contributed by atoms with van der Waals surface area (Å²) in [6.07, 6.45) is 0. The van der Waals surface area contributed by atoms with E-state index in [-0.39, 0.29) is 10.9 Å². The summed E-state index contributed by atoms with van der Waals surface area (Å²) in [6.45, 7) is 3.82. The van der Waals surface area contributed by atoms with Crippen LogP contribution in [0.2, 0.25) is 0 Å². The molecule has 0 amide bonds. The molecule has 0 aliphatic rings. The number of rotatable bonds is 5. The van der Waals surface area contributed by atoms with Gasteiger partial charge in [-0.25, -0.2) is 13.1 Å². The van der Waals surface area contributed by atoms with Gasteiger partial charge in [-0.05, 0) is 43.7 Å². The number of hydrogen-bond acceptors (Lipinski definition) is 3. The normalized spacial score (nSPS) is 12.9. The summed E-state index contributed by atoms with van der Waals surface area (Å²) in [4.78, 5) is 0.224. The molecule has 0 saturated heterocycles. The first-order chi connectivity index (χ1) is 9.92. The molecule has 5 heteroatoms. The summed E-state index contributed by atoms with van der Waals surface area (Å²) in [5.41, 5.74) is 2.07. The van der Waals surface area contributed by atoms with Crippen molar-refractivity contribution in [2.24, 2.45) is 0 Å². The summed E-state index contributed by atoms with van der Waals surface area (Å²) in [6, 6.07) is 13.8. The van der Waals surface area contributed by atoms with Gasteiger partial charge in [0.05, 0.1) is 12.0 Å². The van der Waals surface area contributed by atoms with Gasteiger partial charge >= 0.3 is 0 Å². The minimum Gasteiger partial charge on any atom is -0.497 e. The van der Waals surface area contributed by atoms with Gasteiger partial charge in [-0.3, -0.25) is 0 Å². The van der Waals surface area contributed by atoms with Crippen LogP contribution in [0.1, 0.15) is 24.1 Å².